The second kappa shape index (κ2) is 6.56. The van der Waals surface area contributed by atoms with E-state index in [0.717, 1.165) is 23.9 Å². The van der Waals surface area contributed by atoms with Crippen LogP contribution in [0.4, 0.5) is 18.9 Å². The van der Waals surface area contributed by atoms with Crippen molar-refractivity contribution in [2.24, 2.45) is 0 Å². The van der Waals surface area contributed by atoms with E-state index in [1.165, 1.54) is 0 Å². The highest BCUT2D eigenvalue weighted by Gasteiger charge is 2.21. The van der Waals surface area contributed by atoms with Crippen LogP contribution >= 0.6 is 11.8 Å². The maximum atomic E-state index is 13.6. The van der Waals surface area contributed by atoms with E-state index in [1.54, 1.807) is 31.2 Å². The molecule has 0 saturated heterocycles. The number of nitrogens with zero attached hydrogens (tertiary/aromatic N) is 1. The van der Waals surface area contributed by atoms with E-state index in [-0.39, 0.29) is 5.22 Å². The molecule has 8 heteroatoms. The standard InChI is InChI=1S/C16H11F3N2O2S/c1-8(24-16-21-10-4-2-3-5-12(10)23-16)15(22)20-11-7-6-9(17)13(18)14(11)19/h2-8H,1H3,(H,20,22). The highest BCUT2D eigenvalue weighted by Crippen LogP contribution is 2.28. The summed E-state index contributed by atoms with van der Waals surface area (Å²) in [5.41, 5.74) is 0.808. The number of hydrogen-bond acceptors (Lipinski definition) is 4. The molecule has 0 saturated carbocycles. The number of anilines is 1. The number of halogens is 3. The Labute approximate surface area is 139 Å². The summed E-state index contributed by atoms with van der Waals surface area (Å²) in [6, 6.07) is 8.82. The summed E-state index contributed by atoms with van der Waals surface area (Å²) in [6.45, 7) is 1.56. The Kier molecular flexibility index (Phi) is 4.48. The van der Waals surface area contributed by atoms with Crippen molar-refractivity contribution in [1.82, 2.24) is 4.98 Å². The molecule has 1 aromatic heterocycles. The van der Waals surface area contributed by atoms with Crippen molar-refractivity contribution in [2.75, 3.05) is 5.32 Å². The third kappa shape index (κ3) is 3.23. The first-order chi connectivity index (χ1) is 11.5. The molecule has 0 aliphatic carbocycles. The smallest absolute Gasteiger partial charge is 0.257 e. The molecule has 3 aromatic rings. The highest BCUT2D eigenvalue weighted by atomic mass is 32.2. The molecule has 1 amide bonds. The average Bonchev–Trinajstić information content (AvgIpc) is 2.97. The van der Waals surface area contributed by atoms with Crippen LogP contribution < -0.4 is 5.32 Å². The minimum Gasteiger partial charge on any atom is -0.431 e. The Morgan fingerprint density at radius 3 is 2.67 bits per heavy atom. The largest absolute Gasteiger partial charge is 0.431 e. The van der Waals surface area contributed by atoms with Crippen LogP contribution in [0.15, 0.2) is 46.0 Å². The Balaban J connectivity index is 1.72. The molecule has 1 heterocycles. The number of benzene rings is 2. The summed E-state index contributed by atoms with van der Waals surface area (Å²) in [5, 5.41) is 1.81. The monoisotopic (exact) mass is 352 g/mol. The first-order valence-corrected chi connectivity index (χ1v) is 7.80. The second-order valence-electron chi connectivity index (χ2n) is 4.92. The van der Waals surface area contributed by atoms with E-state index in [2.05, 4.69) is 10.3 Å². The Hall–Kier alpha value is -2.48. The van der Waals surface area contributed by atoms with Crippen molar-refractivity contribution in [3.8, 4) is 0 Å². The molecule has 4 nitrogen and oxygen atoms in total. The number of aromatic nitrogens is 1. The Morgan fingerprint density at radius 1 is 1.17 bits per heavy atom. The van der Waals surface area contributed by atoms with Crippen LogP contribution in [-0.2, 0) is 4.79 Å². The zero-order valence-electron chi connectivity index (χ0n) is 12.3. The summed E-state index contributed by atoms with van der Waals surface area (Å²) in [5.74, 6) is -4.99. The third-order valence-electron chi connectivity index (χ3n) is 3.21. The van der Waals surface area contributed by atoms with Crippen molar-refractivity contribution in [3.63, 3.8) is 0 Å². The van der Waals surface area contributed by atoms with Crippen LogP contribution in [0.3, 0.4) is 0 Å². The summed E-state index contributed by atoms with van der Waals surface area (Å²) < 4.78 is 45.1. The number of amides is 1. The SMILES string of the molecule is CC(Sc1nc2ccccc2o1)C(=O)Nc1ccc(F)c(F)c1F. The van der Waals surface area contributed by atoms with Crippen LogP contribution in [0.2, 0.25) is 0 Å². The summed E-state index contributed by atoms with van der Waals surface area (Å²) in [7, 11) is 0. The molecule has 0 spiro atoms. The van der Waals surface area contributed by atoms with Gasteiger partial charge in [0.25, 0.3) is 5.22 Å². The fraction of sp³-hybridized carbons (Fsp3) is 0.125. The van der Waals surface area contributed by atoms with E-state index in [9.17, 15) is 18.0 Å². The molecule has 2 aromatic carbocycles. The molecule has 0 aliphatic rings. The van der Waals surface area contributed by atoms with Gasteiger partial charge in [-0.25, -0.2) is 18.2 Å². The number of oxazole rings is 1. The van der Waals surface area contributed by atoms with Gasteiger partial charge < -0.3 is 9.73 Å². The Morgan fingerprint density at radius 2 is 1.92 bits per heavy atom. The zero-order chi connectivity index (χ0) is 17.3. The third-order valence-corrected chi connectivity index (χ3v) is 4.16. The molecule has 1 unspecified atom stereocenters. The lowest BCUT2D eigenvalue weighted by Crippen LogP contribution is -2.23. The summed E-state index contributed by atoms with van der Waals surface area (Å²) >= 11 is 1.03. The molecule has 24 heavy (non-hydrogen) atoms. The van der Waals surface area contributed by atoms with Crippen molar-refractivity contribution in [3.05, 3.63) is 53.8 Å². The number of carbonyl (C=O) groups is 1. The van der Waals surface area contributed by atoms with Crippen LogP contribution in [0.25, 0.3) is 11.1 Å². The predicted molar refractivity (Wildman–Crippen MR) is 84.3 cm³/mol. The fourth-order valence-corrected chi connectivity index (χ4v) is 2.72. The van der Waals surface area contributed by atoms with Gasteiger partial charge in [0.05, 0.1) is 10.9 Å². The molecule has 3 rings (SSSR count). The lowest BCUT2D eigenvalue weighted by atomic mass is 10.2. The normalized spacial score (nSPS) is 12.3. The van der Waals surface area contributed by atoms with Gasteiger partial charge in [-0.15, -0.1) is 0 Å². The van der Waals surface area contributed by atoms with Crippen molar-refractivity contribution < 1.29 is 22.4 Å². The van der Waals surface area contributed by atoms with Crippen LogP contribution in [-0.4, -0.2) is 16.1 Å². The van der Waals surface area contributed by atoms with Gasteiger partial charge in [-0.2, -0.15) is 0 Å². The van der Waals surface area contributed by atoms with Gasteiger partial charge in [-0.05, 0) is 31.2 Å². The first kappa shape index (κ1) is 16.4. The van der Waals surface area contributed by atoms with E-state index in [1.807, 2.05) is 0 Å². The fourth-order valence-electron chi connectivity index (χ4n) is 1.96. The number of rotatable bonds is 4. The summed E-state index contributed by atoms with van der Waals surface area (Å²) in [6.07, 6.45) is 0. The molecule has 0 bridgehead atoms. The zero-order valence-corrected chi connectivity index (χ0v) is 13.2. The lowest BCUT2D eigenvalue weighted by Gasteiger charge is -2.11. The Bertz CT molecular complexity index is 880. The van der Waals surface area contributed by atoms with E-state index in [0.29, 0.717) is 11.1 Å². The van der Waals surface area contributed by atoms with Gasteiger partial charge in [0.1, 0.15) is 5.52 Å². The van der Waals surface area contributed by atoms with Crippen molar-refractivity contribution >= 4 is 34.5 Å². The van der Waals surface area contributed by atoms with Gasteiger partial charge in [-0.3, -0.25) is 4.79 Å². The van der Waals surface area contributed by atoms with Gasteiger partial charge in [0, 0.05) is 0 Å². The van der Waals surface area contributed by atoms with Crippen molar-refractivity contribution in [2.45, 2.75) is 17.4 Å². The molecular formula is C16H11F3N2O2S. The highest BCUT2D eigenvalue weighted by molar-refractivity contribution is 8.00. The van der Waals surface area contributed by atoms with E-state index >= 15 is 0 Å². The molecule has 0 aliphatic heterocycles. The van der Waals surface area contributed by atoms with Gasteiger partial charge in [-0.1, -0.05) is 23.9 Å². The number of thioether (sulfide) groups is 1. The molecule has 124 valence electrons. The van der Waals surface area contributed by atoms with Gasteiger partial charge >= 0.3 is 0 Å². The number of carbonyl (C=O) groups excluding carboxylic acids is 1. The quantitative estimate of drug-likeness (QED) is 0.560. The topological polar surface area (TPSA) is 55.1 Å². The van der Waals surface area contributed by atoms with Crippen LogP contribution in [0.5, 0.6) is 0 Å². The molecule has 0 fully saturated rings. The minimum absolute atomic E-state index is 0.282. The lowest BCUT2D eigenvalue weighted by molar-refractivity contribution is -0.115. The van der Waals surface area contributed by atoms with Crippen LogP contribution in [0, 0.1) is 17.5 Å². The van der Waals surface area contributed by atoms with Crippen molar-refractivity contribution in [1.29, 1.82) is 0 Å². The number of hydrogen-bond donors (Lipinski definition) is 1. The average molecular weight is 352 g/mol. The second-order valence-corrected chi connectivity index (χ2v) is 6.21. The number of nitrogens with one attached hydrogen (secondary N) is 1. The van der Waals surface area contributed by atoms with E-state index < -0.39 is 34.3 Å². The molecule has 1 N–H and O–H groups in total. The van der Waals surface area contributed by atoms with Gasteiger partial charge in [0.2, 0.25) is 5.91 Å². The number of fused-ring (bicyclic) bond motifs is 1. The number of para-hydroxylation sites is 2. The maximum Gasteiger partial charge on any atom is 0.257 e. The summed E-state index contributed by atoms with van der Waals surface area (Å²) in [4.78, 5) is 16.3. The first-order valence-electron chi connectivity index (χ1n) is 6.92. The molecular weight excluding hydrogens is 341 g/mol. The maximum absolute atomic E-state index is 13.6. The minimum atomic E-state index is -1.63. The van der Waals surface area contributed by atoms with E-state index in [4.69, 9.17) is 4.42 Å². The predicted octanol–water partition coefficient (Wildman–Crippen LogP) is 4.36. The molecule has 1 atom stereocenters. The van der Waals surface area contributed by atoms with Crippen LogP contribution in [0.1, 0.15) is 6.92 Å². The molecule has 0 radical (unpaired) electrons. The van der Waals surface area contributed by atoms with Gasteiger partial charge in [0.15, 0.2) is 23.0 Å².